The van der Waals surface area contributed by atoms with Crippen molar-refractivity contribution in [1.29, 1.82) is 0 Å². The average Bonchev–Trinajstić information content (AvgIpc) is 3.07. The van der Waals surface area contributed by atoms with Crippen LogP contribution in [0.5, 0.6) is 0 Å². The van der Waals surface area contributed by atoms with Gasteiger partial charge in [-0.1, -0.05) is 41.2 Å². The van der Waals surface area contributed by atoms with Crippen LogP contribution in [0.4, 0.5) is 5.69 Å². The molecule has 7 heteroatoms. The number of aryl methyl sites for hydroxylation is 2. The topological polar surface area (TPSA) is 72.0 Å². The molecule has 5 nitrogen and oxygen atoms in total. The van der Waals surface area contributed by atoms with Gasteiger partial charge >= 0.3 is 0 Å². The zero-order valence-corrected chi connectivity index (χ0v) is 17.4. The first-order valence-corrected chi connectivity index (χ1v) is 11.1. The van der Waals surface area contributed by atoms with Crippen molar-refractivity contribution >= 4 is 37.4 Å². The molecule has 2 heterocycles. The van der Waals surface area contributed by atoms with Gasteiger partial charge in [0.25, 0.3) is 10.0 Å². The third-order valence-electron chi connectivity index (χ3n) is 4.59. The first-order valence-electron chi connectivity index (χ1n) is 8.77. The number of hydrogen-bond donors (Lipinski definition) is 1. The molecule has 0 bridgehead atoms. The summed E-state index contributed by atoms with van der Waals surface area (Å²) in [6, 6.07) is 14.6. The molecule has 2 aromatic carbocycles. The lowest BCUT2D eigenvalue weighted by Gasteiger charge is -2.14. The number of rotatable bonds is 4. The first kappa shape index (κ1) is 18.6. The van der Waals surface area contributed by atoms with E-state index in [4.69, 9.17) is 0 Å². The fourth-order valence-corrected chi connectivity index (χ4v) is 5.50. The minimum Gasteiger partial charge on any atom is -0.279 e. The number of pyridine rings is 1. The van der Waals surface area contributed by atoms with Gasteiger partial charge in [0, 0.05) is 11.8 Å². The van der Waals surface area contributed by atoms with E-state index in [-0.39, 0.29) is 4.90 Å². The third kappa shape index (κ3) is 3.39. The van der Waals surface area contributed by atoms with Crippen LogP contribution >= 0.6 is 11.3 Å². The van der Waals surface area contributed by atoms with Crippen LogP contribution in [0.3, 0.4) is 0 Å². The lowest BCUT2D eigenvalue weighted by atomic mass is 10.1. The van der Waals surface area contributed by atoms with E-state index < -0.39 is 10.0 Å². The number of nitrogens with zero attached hydrogens (tertiary/aromatic N) is 2. The molecule has 4 rings (SSSR count). The van der Waals surface area contributed by atoms with E-state index in [1.54, 1.807) is 31.3 Å². The zero-order chi connectivity index (χ0) is 19.9. The van der Waals surface area contributed by atoms with E-state index in [0.717, 1.165) is 37.6 Å². The van der Waals surface area contributed by atoms with E-state index in [9.17, 15) is 8.42 Å². The van der Waals surface area contributed by atoms with E-state index in [1.165, 1.54) is 11.3 Å². The number of nitrogens with one attached hydrogen (secondary N) is 1. The highest BCUT2D eigenvalue weighted by atomic mass is 32.2. The maximum absolute atomic E-state index is 12.9. The summed E-state index contributed by atoms with van der Waals surface area (Å²) in [5.74, 6) is 0. The number of hydrogen-bond acceptors (Lipinski definition) is 5. The molecule has 0 unspecified atom stereocenters. The summed E-state index contributed by atoms with van der Waals surface area (Å²) in [5.41, 5.74) is 4.85. The summed E-state index contributed by atoms with van der Waals surface area (Å²) in [5, 5.41) is 0.818. The molecule has 4 aromatic rings. The second kappa shape index (κ2) is 7.00. The lowest BCUT2D eigenvalue weighted by molar-refractivity contribution is 0.600. The van der Waals surface area contributed by atoms with Gasteiger partial charge in [-0.05, 0) is 56.2 Å². The number of aromatic nitrogens is 2. The number of fused-ring (bicyclic) bond motifs is 1. The Hall–Kier alpha value is -2.77. The Balaban J connectivity index is 1.74. The van der Waals surface area contributed by atoms with Gasteiger partial charge in [-0.3, -0.25) is 4.72 Å². The van der Waals surface area contributed by atoms with Gasteiger partial charge in [0.05, 0.1) is 10.6 Å². The average molecular weight is 410 g/mol. The summed E-state index contributed by atoms with van der Waals surface area (Å²) >= 11 is 1.49. The monoisotopic (exact) mass is 409 g/mol. The van der Waals surface area contributed by atoms with Crippen molar-refractivity contribution in [3.63, 3.8) is 0 Å². The quantitative estimate of drug-likeness (QED) is 0.510. The Labute approximate surface area is 168 Å². The van der Waals surface area contributed by atoms with Crippen LogP contribution in [0.25, 0.3) is 20.9 Å². The Kier molecular flexibility index (Phi) is 4.64. The molecule has 0 aliphatic heterocycles. The maximum Gasteiger partial charge on any atom is 0.262 e. The van der Waals surface area contributed by atoms with Crippen molar-refractivity contribution in [2.45, 2.75) is 25.7 Å². The molecule has 0 amide bonds. The van der Waals surface area contributed by atoms with Gasteiger partial charge < -0.3 is 0 Å². The molecule has 0 saturated carbocycles. The highest BCUT2D eigenvalue weighted by Gasteiger charge is 2.19. The molecule has 0 atom stereocenters. The van der Waals surface area contributed by atoms with Gasteiger partial charge in [0.1, 0.15) is 15.4 Å². The Morgan fingerprint density at radius 2 is 1.82 bits per heavy atom. The van der Waals surface area contributed by atoms with E-state index in [2.05, 4.69) is 14.7 Å². The van der Waals surface area contributed by atoms with Crippen LogP contribution in [0, 0.1) is 20.8 Å². The fraction of sp³-hybridized carbons (Fsp3) is 0.143. The van der Waals surface area contributed by atoms with Crippen LogP contribution in [0.1, 0.15) is 16.7 Å². The molecule has 0 saturated heterocycles. The van der Waals surface area contributed by atoms with Gasteiger partial charge in [-0.15, -0.1) is 0 Å². The zero-order valence-electron chi connectivity index (χ0n) is 15.7. The van der Waals surface area contributed by atoms with Crippen molar-refractivity contribution < 1.29 is 8.42 Å². The minimum atomic E-state index is -3.69. The fourth-order valence-electron chi connectivity index (χ4n) is 3.16. The largest absolute Gasteiger partial charge is 0.279 e. The number of benzene rings is 2. The Morgan fingerprint density at radius 1 is 1.00 bits per heavy atom. The standard InChI is InChI=1S/C21H19N3O2S2/c1-13-9-10-19(14(2)12-13)28(25,26)24-17-7-4-6-16(15(17)3)20-23-18-8-5-11-22-21(18)27-20/h4-12,24H,1-3H3. The van der Waals surface area contributed by atoms with Crippen LogP contribution in [0.15, 0.2) is 59.6 Å². The predicted octanol–water partition coefficient (Wildman–Crippen LogP) is 5.08. The minimum absolute atomic E-state index is 0.284. The number of sulfonamides is 1. The maximum atomic E-state index is 12.9. The normalized spacial score (nSPS) is 11.7. The van der Waals surface area contributed by atoms with E-state index in [1.807, 2.05) is 44.2 Å². The smallest absolute Gasteiger partial charge is 0.262 e. The van der Waals surface area contributed by atoms with Crippen molar-refractivity contribution in [2.24, 2.45) is 0 Å². The molecule has 0 aliphatic carbocycles. The third-order valence-corrected chi connectivity index (χ3v) is 7.13. The summed E-state index contributed by atoms with van der Waals surface area (Å²) in [6.07, 6.45) is 1.74. The second-order valence-corrected chi connectivity index (χ2v) is 9.33. The molecule has 0 fully saturated rings. The molecule has 0 radical (unpaired) electrons. The van der Waals surface area contributed by atoms with E-state index >= 15 is 0 Å². The van der Waals surface area contributed by atoms with Gasteiger partial charge in [0.15, 0.2) is 0 Å². The van der Waals surface area contributed by atoms with Gasteiger partial charge in [0.2, 0.25) is 0 Å². The molecule has 28 heavy (non-hydrogen) atoms. The molecule has 0 spiro atoms. The van der Waals surface area contributed by atoms with Gasteiger partial charge in [-0.25, -0.2) is 18.4 Å². The predicted molar refractivity (Wildman–Crippen MR) is 114 cm³/mol. The lowest BCUT2D eigenvalue weighted by Crippen LogP contribution is -2.15. The van der Waals surface area contributed by atoms with Crippen LogP contribution in [-0.2, 0) is 10.0 Å². The van der Waals surface area contributed by atoms with Crippen LogP contribution in [-0.4, -0.2) is 18.4 Å². The summed E-state index contributed by atoms with van der Waals surface area (Å²) < 4.78 is 28.6. The van der Waals surface area contributed by atoms with Crippen molar-refractivity contribution in [1.82, 2.24) is 9.97 Å². The molecule has 2 aromatic heterocycles. The molecule has 0 aliphatic rings. The van der Waals surface area contributed by atoms with Crippen LogP contribution < -0.4 is 4.72 Å². The van der Waals surface area contributed by atoms with E-state index in [0.29, 0.717) is 5.69 Å². The highest BCUT2D eigenvalue weighted by molar-refractivity contribution is 7.92. The summed E-state index contributed by atoms with van der Waals surface area (Å²) in [4.78, 5) is 10.1. The summed E-state index contributed by atoms with van der Waals surface area (Å²) in [6.45, 7) is 5.64. The number of anilines is 1. The second-order valence-electron chi connectivity index (χ2n) is 6.70. The van der Waals surface area contributed by atoms with Crippen molar-refractivity contribution in [2.75, 3.05) is 4.72 Å². The Bertz CT molecular complexity index is 1260. The van der Waals surface area contributed by atoms with Crippen LogP contribution in [0.2, 0.25) is 0 Å². The number of thiazole rings is 1. The molecular weight excluding hydrogens is 390 g/mol. The van der Waals surface area contributed by atoms with Gasteiger partial charge in [-0.2, -0.15) is 0 Å². The SMILES string of the molecule is Cc1ccc(S(=O)(=O)Nc2cccc(-c3nc4cccnc4s3)c2C)c(C)c1. The first-order chi connectivity index (χ1) is 13.3. The molecule has 1 N–H and O–H groups in total. The van der Waals surface area contributed by atoms with Crippen molar-refractivity contribution in [3.05, 3.63) is 71.4 Å². The Morgan fingerprint density at radius 3 is 2.57 bits per heavy atom. The highest BCUT2D eigenvalue weighted by Crippen LogP contribution is 2.34. The molecular formula is C21H19N3O2S2. The summed E-state index contributed by atoms with van der Waals surface area (Å²) in [7, 11) is -3.69. The molecule has 142 valence electrons. The van der Waals surface area contributed by atoms with Crippen molar-refractivity contribution in [3.8, 4) is 10.6 Å².